The van der Waals surface area contributed by atoms with E-state index in [0.29, 0.717) is 25.2 Å². The Hall–Kier alpha value is -1.14. The highest BCUT2D eigenvalue weighted by Gasteiger charge is 2.34. The first kappa shape index (κ1) is 23.5. The molecule has 1 aliphatic heterocycles. The number of likely N-dealkylation sites (N-methyl/N-ethyl adjacent to an activating group) is 2. The van der Waals surface area contributed by atoms with E-state index in [1.54, 1.807) is 0 Å². The molecule has 0 spiro atoms. The van der Waals surface area contributed by atoms with Crippen molar-refractivity contribution in [1.29, 1.82) is 0 Å². The van der Waals surface area contributed by atoms with Crippen LogP contribution in [0.5, 0.6) is 0 Å². The van der Waals surface area contributed by atoms with Crippen LogP contribution < -0.4 is 0 Å². The van der Waals surface area contributed by atoms with E-state index >= 15 is 0 Å². The summed E-state index contributed by atoms with van der Waals surface area (Å²) in [5, 5.41) is 0. The minimum atomic E-state index is 0.252. The van der Waals surface area contributed by atoms with Crippen molar-refractivity contribution in [2.45, 2.75) is 102 Å². The number of hydrogen-bond donors (Lipinski definition) is 0. The maximum atomic E-state index is 12.9. The lowest BCUT2D eigenvalue weighted by molar-refractivity contribution is -0.138. The molecule has 0 aromatic carbocycles. The molecule has 0 unspecified atom stereocenters. The fourth-order valence-corrected chi connectivity index (χ4v) is 5.82. The van der Waals surface area contributed by atoms with E-state index in [4.69, 9.17) is 0 Å². The van der Waals surface area contributed by atoms with Gasteiger partial charge in [0.05, 0.1) is 13.1 Å². The number of nitrogens with zero attached hydrogens (tertiary/aromatic N) is 4. The lowest BCUT2D eigenvalue weighted by Gasteiger charge is -2.45. The lowest BCUT2D eigenvalue weighted by Crippen LogP contribution is -2.60. The Morgan fingerprint density at radius 1 is 0.700 bits per heavy atom. The average Bonchev–Trinajstić information content (AvgIpc) is 2.76. The SMILES string of the molecule is C[C@H]1CN(CC(=O)N(C)C2CCCCC2)C[C@H](C)N1CC(=O)N(C)C1CCCCC1. The van der Waals surface area contributed by atoms with Crippen LogP contribution in [-0.2, 0) is 9.59 Å². The second-order valence-corrected chi connectivity index (χ2v) is 10.2. The van der Waals surface area contributed by atoms with Crippen LogP contribution in [0.15, 0.2) is 0 Å². The summed E-state index contributed by atoms with van der Waals surface area (Å²) in [5.41, 5.74) is 0. The standard InChI is InChI=1S/C24H44N4O2/c1-19-15-27(17-23(29)25(3)21-11-7-5-8-12-21)16-20(2)28(19)18-24(30)26(4)22-13-9-6-10-14-22/h19-22H,5-18H2,1-4H3/t19-,20-/m0/s1. The first-order valence-electron chi connectivity index (χ1n) is 12.4. The molecule has 3 rings (SSSR count). The quantitative estimate of drug-likeness (QED) is 0.663. The third kappa shape index (κ3) is 5.97. The number of hydrogen-bond acceptors (Lipinski definition) is 4. The molecule has 2 aliphatic carbocycles. The highest BCUT2D eigenvalue weighted by atomic mass is 16.2. The Balaban J connectivity index is 1.48. The van der Waals surface area contributed by atoms with Gasteiger partial charge in [0.2, 0.25) is 11.8 Å². The summed E-state index contributed by atoms with van der Waals surface area (Å²) in [4.78, 5) is 34.4. The zero-order valence-corrected chi connectivity index (χ0v) is 19.8. The number of carbonyl (C=O) groups is 2. The van der Waals surface area contributed by atoms with Crippen molar-refractivity contribution in [2.24, 2.45) is 0 Å². The normalized spacial score (nSPS) is 27.7. The van der Waals surface area contributed by atoms with Crippen molar-refractivity contribution in [3.05, 3.63) is 0 Å². The zero-order valence-electron chi connectivity index (χ0n) is 19.8. The third-order valence-corrected chi connectivity index (χ3v) is 7.89. The van der Waals surface area contributed by atoms with Crippen LogP contribution in [-0.4, -0.2) is 95.9 Å². The predicted octanol–water partition coefficient (Wildman–Crippen LogP) is 2.96. The second kappa shape index (κ2) is 10.9. The van der Waals surface area contributed by atoms with Crippen molar-refractivity contribution in [1.82, 2.24) is 19.6 Å². The largest absolute Gasteiger partial charge is 0.342 e. The fraction of sp³-hybridized carbons (Fsp3) is 0.917. The maximum Gasteiger partial charge on any atom is 0.236 e. The molecule has 2 saturated carbocycles. The van der Waals surface area contributed by atoms with E-state index in [2.05, 4.69) is 23.6 Å². The van der Waals surface area contributed by atoms with Crippen molar-refractivity contribution in [3.8, 4) is 0 Å². The number of piperazine rings is 1. The van der Waals surface area contributed by atoms with Gasteiger partial charge >= 0.3 is 0 Å². The van der Waals surface area contributed by atoms with Crippen LogP contribution in [0.1, 0.15) is 78.1 Å². The summed E-state index contributed by atoms with van der Waals surface area (Å²) in [6, 6.07) is 1.41. The Kier molecular flexibility index (Phi) is 8.58. The molecule has 2 atom stereocenters. The van der Waals surface area contributed by atoms with Crippen LogP contribution >= 0.6 is 0 Å². The summed E-state index contributed by atoms with van der Waals surface area (Å²) >= 11 is 0. The first-order valence-corrected chi connectivity index (χ1v) is 12.4. The van der Waals surface area contributed by atoms with E-state index in [1.165, 1.54) is 38.5 Å². The van der Waals surface area contributed by atoms with Crippen LogP contribution in [0.25, 0.3) is 0 Å². The summed E-state index contributed by atoms with van der Waals surface area (Å²) in [5.74, 6) is 0.505. The van der Waals surface area contributed by atoms with Gasteiger partial charge in [0.25, 0.3) is 0 Å². The lowest BCUT2D eigenvalue weighted by atomic mass is 9.94. The van der Waals surface area contributed by atoms with Gasteiger partial charge in [0, 0.05) is 51.4 Å². The number of carbonyl (C=O) groups excluding carboxylic acids is 2. The maximum absolute atomic E-state index is 12.9. The fourth-order valence-electron chi connectivity index (χ4n) is 5.82. The molecule has 1 saturated heterocycles. The molecule has 0 N–H and O–H groups in total. The summed E-state index contributed by atoms with van der Waals surface area (Å²) < 4.78 is 0. The molecular weight excluding hydrogens is 376 g/mol. The molecule has 6 heteroatoms. The molecule has 1 heterocycles. The van der Waals surface area contributed by atoms with Gasteiger partial charge in [-0.15, -0.1) is 0 Å². The molecule has 30 heavy (non-hydrogen) atoms. The Bertz CT molecular complexity index is 560. The summed E-state index contributed by atoms with van der Waals surface area (Å²) in [6.45, 7) is 7.12. The molecule has 172 valence electrons. The molecule has 2 amide bonds. The highest BCUT2D eigenvalue weighted by molar-refractivity contribution is 5.79. The van der Waals surface area contributed by atoms with Gasteiger partial charge in [-0.3, -0.25) is 19.4 Å². The minimum absolute atomic E-state index is 0.252. The smallest absolute Gasteiger partial charge is 0.236 e. The Morgan fingerprint density at radius 3 is 1.53 bits per heavy atom. The van der Waals surface area contributed by atoms with Gasteiger partial charge in [-0.25, -0.2) is 0 Å². The van der Waals surface area contributed by atoms with Gasteiger partial charge in [-0.2, -0.15) is 0 Å². The minimum Gasteiger partial charge on any atom is -0.342 e. The van der Waals surface area contributed by atoms with Crippen molar-refractivity contribution < 1.29 is 9.59 Å². The van der Waals surface area contributed by atoms with Crippen LogP contribution in [0.4, 0.5) is 0 Å². The van der Waals surface area contributed by atoms with E-state index < -0.39 is 0 Å². The summed E-state index contributed by atoms with van der Waals surface area (Å²) in [6.07, 6.45) is 12.2. The molecular formula is C24H44N4O2. The number of rotatable bonds is 6. The van der Waals surface area contributed by atoms with E-state index in [0.717, 1.165) is 38.8 Å². The van der Waals surface area contributed by atoms with Crippen molar-refractivity contribution >= 4 is 11.8 Å². The van der Waals surface area contributed by atoms with Gasteiger partial charge < -0.3 is 9.80 Å². The highest BCUT2D eigenvalue weighted by Crippen LogP contribution is 2.24. The second-order valence-electron chi connectivity index (χ2n) is 10.2. The van der Waals surface area contributed by atoms with Crippen molar-refractivity contribution in [3.63, 3.8) is 0 Å². The van der Waals surface area contributed by atoms with Crippen LogP contribution in [0.2, 0.25) is 0 Å². The molecule has 6 nitrogen and oxygen atoms in total. The predicted molar refractivity (Wildman–Crippen MR) is 121 cm³/mol. The van der Waals surface area contributed by atoms with Gasteiger partial charge in [-0.1, -0.05) is 38.5 Å². The topological polar surface area (TPSA) is 47.1 Å². The van der Waals surface area contributed by atoms with E-state index in [9.17, 15) is 9.59 Å². The third-order valence-electron chi connectivity index (χ3n) is 7.89. The molecule has 0 radical (unpaired) electrons. The monoisotopic (exact) mass is 420 g/mol. The van der Waals surface area contributed by atoms with Crippen LogP contribution in [0.3, 0.4) is 0 Å². The van der Waals surface area contributed by atoms with Crippen LogP contribution in [0, 0.1) is 0 Å². The van der Waals surface area contributed by atoms with Gasteiger partial charge in [0.1, 0.15) is 0 Å². The molecule has 3 fully saturated rings. The molecule has 3 aliphatic rings. The van der Waals surface area contributed by atoms with Gasteiger partial charge in [-0.05, 0) is 39.5 Å². The number of amides is 2. The Labute approximate surface area is 183 Å². The zero-order chi connectivity index (χ0) is 21.7. The van der Waals surface area contributed by atoms with E-state index in [1.807, 2.05) is 23.9 Å². The molecule has 0 aromatic heterocycles. The molecule has 0 aromatic rings. The average molecular weight is 421 g/mol. The Morgan fingerprint density at radius 2 is 1.10 bits per heavy atom. The first-order chi connectivity index (χ1) is 14.4. The van der Waals surface area contributed by atoms with E-state index in [-0.39, 0.29) is 23.9 Å². The molecule has 0 bridgehead atoms. The van der Waals surface area contributed by atoms with Crippen molar-refractivity contribution in [2.75, 3.05) is 40.3 Å². The van der Waals surface area contributed by atoms with Gasteiger partial charge in [0.15, 0.2) is 0 Å². The summed E-state index contributed by atoms with van der Waals surface area (Å²) in [7, 11) is 3.98.